The fourth-order valence-electron chi connectivity index (χ4n) is 3.08. The topological polar surface area (TPSA) is 48.0 Å². The maximum atomic E-state index is 14.7. The Kier molecular flexibility index (Phi) is 8.24. The first kappa shape index (κ1) is 22.5. The van der Waals surface area contributed by atoms with Crippen molar-refractivity contribution in [3.63, 3.8) is 0 Å². The zero-order chi connectivity index (χ0) is 21.4. The number of allylic oxidation sites excluding steroid dienone is 3. The van der Waals surface area contributed by atoms with Crippen molar-refractivity contribution in [2.24, 2.45) is 0 Å². The molecule has 0 aliphatic carbocycles. The number of hydrogen-bond acceptors (Lipinski definition) is 4. The molecule has 1 unspecified atom stereocenters. The van der Waals surface area contributed by atoms with Crippen LogP contribution < -0.4 is 4.90 Å². The number of rotatable bonds is 10. The van der Waals surface area contributed by atoms with Crippen LogP contribution in [0.4, 0.5) is 19.3 Å². The number of cyclic esters (lactones) is 1. The number of ether oxygens (including phenoxy) is 3. The minimum atomic E-state index is -0.696. The van der Waals surface area contributed by atoms with E-state index in [1.807, 2.05) is 19.9 Å². The number of halogens is 2. The smallest absolute Gasteiger partial charge is 0.414 e. The molecule has 1 aliphatic rings. The third-order valence-corrected chi connectivity index (χ3v) is 4.35. The predicted octanol–water partition coefficient (Wildman–Crippen LogP) is 5.57. The van der Waals surface area contributed by atoms with Crippen LogP contribution in [0.5, 0.6) is 0 Å². The summed E-state index contributed by atoms with van der Waals surface area (Å²) in [6.07, 6.45) is 5.52. The molecule has 1 fully saturated rings. The number of amides is 1. The molecule has 1 atom stereocenters. The maximum absolute atomic E-state index is 14.7. The molecule has 1 aromatic rings. The summed E-state index contributed by atoms with van der Waals surface area (Å²) in [5.41, 5.74) is 0.710. The standard InChI is InChI=1S/C22H27F2NO4/c1-5-7-16(8-6-2)21-19(23)11-17(12-20(21)24)25-13-18(29-22(25)26)14-28-15(3)9-10-27-4/h7,9-12,18H,3,5-6,8,13-14H2,1-2,4H3/b10-9-,16-7+. The van der Waals surface area contributed by atoms with E-state index in [0.29, 0.717) is 24.2 Å². The number of methoxy groups -OCH3 is 1. The Morgan fingerprint density at radius 1 is 1.34 bits per heavy atom. The molecule has 2 rings (SSSR count). The van der Waals surface area contributed by atoms with Crippen LogP contribution >= 0.6 is 0 Å². The molecule has 0 spiro atoms. The quantitative estimate of drug-likeness (QED) is 0.376. The summed E-state index contributed by atoms with van der Waals surface area (Å²) >= 11 is 0. The molecule has 0 bridgehead atoms. The van der Waals surface area contributed by atoms with Gasteiger partial charge in [-0.3, -0.25) is 4.90 Å². The molecule has 7 heteroatoms. The fraction of sp³-hybridized carbons (Fsp3) is 0.409. The van der Waals surface area contributed by atoms with Gasteiger partial charge in [-0.2, -0.15) is 0 Å². The van der Waals surface area contributed by atoms with Crippen LogP contribution in [0.3, 0.4) is 0 Å². The highest BCUT2D eigenvalue weighted by molar-refractivity contribution is 5.90. The average molecular weight is 407 g/mol. The Bertz CT molecular complexity index is 781. The van der Waals surface area contributed by atoms with E-state index >= 15 is 0 Å². The van der Waals surface area contributed by atoms with Crippen molar-refractivity contribution >= 4 is 17.4 Å². The second-order valence-corrected chi connectivity index (χ2v) is 6.60. The van der Waals surface area contributed by atoms with Crippen LogP contribution in [0.25, 0.3) is 5.57 Å². The van der Waals surface area contributed by atoms with Crippen LogP contribution in [-0.2, 0) is 14.2 Å². The normalized spacial score (nSPS) is 17.0. The first-order valence-electron chi connectivity index (χ1n) is 9.58. The zero-order valence-electron chi connectivity index (χ0n) is 17.0. The SMILES string of the molecule is C=C(/C=C\OC)OCC1CN(c2cc(F)c(/C(=C/CC)CCC)c(F)c2)C(=O)O1. The molecule has 158 valence electrons. The average Bonchev–Trinajstić information content (AvgIpc) is 3.05. The summed E-state index contributed by atoms with van der Waals surface area (Å²) in [5, 5.41) is 0. The third-order valence-electron chi connectivity index (χ3n) is 4.35. The number of benzene rings is 1. The third kappa shape index (κ3) is 5.82. The molecule has 0 N–H and O–H groups in total. The van der Waals surface area contributed by atoms with Gasteiger partial charge in [-0.15, -0.1) is 0 Å². The highest BCUT2D eigenvalue weighted by Gasteiger charge is 2.34. The summed E-state index contributed by atoms with van der Waals surface area (Å²) in [6, 6.07) is 2.34. The number of hydrogen-bond donors (Lipinski definition) is 0. The lowest BCUT2D eigenvalue weighted by Gasteiger charge is -2.16. The second-order valence-electron chi connectivity index (χ2n) is 6.60. The van der Waals surface area contributed by atoms with E-state index in [0.717, 1.165) is 6.42 Å². The van der Waals surface area contributed by atoms with E-state index in [4.69, 9.17) is 14.2 Å². The first-order chi connectivity index (χ1) is 13.9. The Labute approximate surface area is 170 Å². The van der Waals surface area contributed by atoms with Gasteiger partial charge < -0.3 is 14.2 Å². The van der Waals surface area contributed by atoms with Gasteiger partial charge in [0.15, 0.2) is 6.10 Å². The van der Waals surface area contributed by atoms with Crippen molar-refractivity contribution in [3.8, 4) is 0 Å². The highest BCUT2D eigenvalue weighted by Crippen LogP contribution is 2.31. The van der Waals surface area contributed by atoms with Gasteiger partial charge in [-0.05, 0) is 30.5 Å². The lowest BCUT2D eigenvalue weighted by atomic mass is 9.98. The molecule has 0 aromatic heterocycles. The Balaban J connectivity index is 2.14. The molecule has 1 heterocycles. The van der Waals surface area contributed by atoms with E-state index < -0.39 is 23.8 Å². The largest absolute Gasteiger partial charge is 0.504 e. The van der Waals surface area contributed by atoms with Crippen molar-refractivity contribution in [1.29, 1.82) is 0 Å². The monoisotopic (exact) mass is 407 g/mol. The highest BCUT2D eigenvalue weighted by atomic mass is 19.1. The fourth-order valence-corrected chi connectivity index (χ4v) is 3.08. The van der Waals surface area contributed by atoms with Gasteiger partial charge in [-0.1, -0.05) is 32.9 Å². The lowest BCUT2D eigenvalue weighted by Crippen LogP contribution is -2.26. The number of nitrogens with zero attached hydrogens (tertiary/aromatic N) is 1. The minimum absolute atomic E-state index is 0.0360. The molecule has 1 saturated heterocycles. The van der Waals surface area contributed by atoms with Crippen molar-refractivity contribution in [2.45, 2.75) is 39.2 Å². The minimum Gasteiger partial charge on any atom is -0.504 e. The van der Waals surface area contributed by atoms with Crippen LogP contribution in [0.15, 0.2) is 42.9 Å². The van der Waals surface area contributed by atoms with Crippen LogP contribution in [0, 0.1) is 11.6 Å². The summed E-state index contributed by atoms with van der Waals surface area (Å²) < 4.78 is 44.9. The van der Waals surface area contributed by atoms with Crippen molar-refractivity contribution in [2.75, 3.05) is 25.2 Å². The summed E-state index contributed by atoms with van der Waals surface area (Å²) in [7, 11) is 1.49. The van der Waals surface area contributed by atoms with Gasteiger partial charge in [0, 0.05) is 11.6 Å². The first-order valence-corrected chi connectivity index (χ1v) is 9.58. The van der Waals surface area contributed by atoms with Gasteiger partial charge in [-0.25, -0.2) is 13.6 Å². The van der Waals surface area contributed by atoms with Gasteiger partial charge in [0.25, 0.3) is 0 Å². The van der Waals surface area contributed by atoms with Crippen LogP contribution in [-0.4, -0.2) is 32.5 Å². The molecule has 5 nitrogen and oxygen atoms in total. The molecule has 0 saturated carbocycles. The van der Waals surface area contributed by atoms with Gasteiger partial charge >= 0.3 is 6.09 Å². The second kappa shape index (κ2) is 10.6. The molecular formula is C22H27F2NO4. The summed E-state index contributed by atoms with van der Waals surface area (Å²) in [5.74, 6) is -1.05. The Morgan fingerprint density at radius 2 is 2.03 bits per heavy atom. The van der Waals surface area contributed by atoms with Gasteiger partial charge in [0.1, 0.15) is 24.0 Å². The zero-order valence-corrected chi connectivity index (χ0v) is 17.0. The van der Waals surface area contributed by atoms with E-state index in [9.17, 15) is 13.6 Å². The van der Waals surface area contributed by atoms with Crippen molar-refractivity contribution < 1.29 is 27.8 Å². The molecule has 29 heavy (non-hydrogen) atoms. The molecule has 1 aromatic carbocycles. The van der Waals surface area contributed by atoms with E-state index in [-0.39, 0.29) is 24.4 Å². The van der Waals surface area contributed by atoms with Crippen molar-refractivity contribution in [3.05, 3.63) is 60.1 Å². The van der Waals surface area contributed by atoms with Gasteiger partial charge in [0.2, 0.25) is 0 Å². The van der Waals surface area contributed by atoms with Gasteiger partial charge in [0.05, 0.1) is 25.6 Å². The summed E-state index contributed by atoms with van der Waals surface area (Å²) in [4.78, 5) is 13.4. The Hall–Kier alpha value is -2.83. The maximum Gasteiger partial charge on any atom is 0.414 e. The molecule has 1 aliphatic heterocycles. The number of carbonyl (C=O) groups excluding carboxylic acids is 1. The predicted molar refractivity (Wildman–Crippen MR) is 108 cm³/mol. The lowest BCUT2D eigenvalue weighted by molar-refractivity contribution is 0.0811. The van der Waals surface area contributed by atoms with E-state index in [1.54, 1.807) is 0 Å². The van der Waals surface area contributed by atoms with Crippen LogP contribution in [0.2, 0.25) is 0 Å². The van der Waals surface area contributed by atoms with E-state index in [2.05, 4.69) is 6.58 Å². The number of carbonyl (C=O) groups is 1. The van der Waals surface area contributed by atoms with Crippen LogP contribution in [0.1, 0.15) is 38.7 Å². The van der Waals surface area contributed by atoms with Crippen molar-refractivity contribution in [1.82, 2.24) is 0 Å². The Morgan fingerprint density at radius 3 is 2.62 bits per heavy atom. The molecular weight excluding hydrogens is 380 g/mol. The molecule has 0 radical (unpaired) electrons. The number of anilines is 1. The molecule has 1 amide bonds. The van der Waals surface area contributed by atoms with E-state index in [1.165, 1.54) is 36.5 Å². The summed E-state index contributed by atoms with van der Waals surface area (Å²) in [6.45, 7) is 7.74.